The van der Waals surface area contributed by atoms with Crippen LogP contribution in [0.3, 0.4) is 0 Å². The van der Waals surface area contributed by atoms with Crippen LogP contribution in [0.15, 0.2) is 4.79 Å². The maximum Gasteiger partial charge on any atom is 0.327 e. The van der Waals surface area contributed by atoms with Crippen LogP contribution in [0.2, 0.25) is 0 Å². The molecule has 0 spiro atoms. The summed E-state index contributed by atoms with van der Waals surface area (Å²) in [5.41, 5.74) is 0.256. The van der Waals surface area contributed by atoms with Crippen molar-refractivity contribution in [3.8, 4) is 11.9 Å². The van der Waals surface area contributed by atoms with E-state index < -0.39 is 5.97 Å². The molecule has 0 bridgehead atoms. The zero-order valence-corrected chi connectivity index (χ0v) is 17.5. The highest BCUT2D eigenvalue weighted by Crippen LogP contribution is 2.22. The van der Waals surface area contributed by atoms with Crippen LogP contribution >= 0.6 is 0 Å². The first-order valence-electron chi connectivity index (χ1n) is 10.7. The molecule has 30 heavy (non-hydrogen) atoms. The van der Waals surface area contributed by atoms with Crippen molar-refractivity contribution in [2.45, 2.75) is 58.4 Å². The number of likely N-dealkylation sites (tertiary alicyclic amines) is 1. The standard InChI is InChI=1S/C20H31N5O5/c1-2-3-12-30-19-22-17-16(18(28)23-19)21-20(29)25(17)9-5-4-8-24-10-6-14(7-11-24)13-15(26)27/h14H,2-13H2,1H3,(H,21,29)(H,26,27)(H,22,23,28). The molecule has 10 nitrogen and oxygen atoms in total. The van der Waals surface area contributed by atoms with Crippen molar-refractivity contribution >= 4 is 17.1 Å². The predicted molar refractivity (Wildman–Crippen MR) is 111 cm³/mol. The molecule has 0 atom stereocenters. The van der Waals surface area contributed by atoms with E-state index in [1.807, 2.05) is 6.92 Å². The van der Waals surface area contributed by atoms with Gasteiger partial charge in [0.05, 0.1) is 6.61 Å². The number of ether oxygens (including phenoxy) is 1. The molecule has 3 rings (SSSR count). The smallest absolute Gasteiger partial charge is 0.327 e. The molecule has 2 aromatic heterocycles. The van der Waals surface area contributed by atoms with E-state index in [0.29, 0.717) is 18.8 Å². The normalized spacial score (nSPS) is 15.6. The second-order valence-electron chi connectivity index (χ2n) is 7.90. The number of aromatic hydroxyl groups is 1. The minimum atomic E-state index is -0.716. The number of aliphatic carboxylic acids is 1. The summed E-state index contributed by atoms with van der Waals surface area (Å²) in [6, 6.07) is 0.0745. The lowest BCUT2D eigenvalue weighted by Gasteiger charge is -2.31. The average molecular weight is 421 g/mol. The average Bonchev–Trinajstić information content (AvgIpc) is 3.02. The zero-order valence-electron chi connectivity index (χ0n) is 17.5. The lowest BCUT2D eigenvalue weighted by atomic mass is 9.93. The number of nitrogens with one attached hydrogen (secondary N) is 1. The number of carboxylic acids is 1. The summed E-state index contributed by atoms with van der Waals surface area (Å²) in [4.78, 5) is 36.3. The molecular weight excluding hydrogens is 390 g/mol. The Morgan fingerprint density at radius 1 is 1.20 bits per heavy atom. The number of hydrogen-bond acceptors (Lipinski definition) is 7. The molecule has 1 aliphatic rings. The lowest BCUT2D eigenvalue weighted by Crippen LogP contribution is -2.35. The zero-order chi connectivity index (χ0) is 21.5. The second-order valence-corrected chi connectivity index (χ2v) is 7.90. The number of H-pyrrole nitrogens is 1. The highest BCUT2D eigenvalue weighted by Gasteiger charge is 2.21. The Morgan fingerprint density at radius 2 is 1.93 bits per heavy atom. The third kappa shape index (κ3) is 5.71. The van der Waals surface area contributed by atoms with E-state index in [1.54, 1.807) is 0 Å². The van der Waals surface area contributed by atoms with Crippen molar-refractivity contribution in [1.82, 2.24) is 24.4 Å². The molecule has 0 saturated carbocycles. The van der Waals surface area contributed by atoms with Crippen LogP contribution < -0.4 is 10.4 Å². The maximum atomic E-state index is 12.3. The van der Waals surface area contributed by atoms with E-state index in [2.05, 4.69) is 19.9 Å². The predicted octanol–water partition coefficient (Wildman–Crippen LogP) is 1.97. The summed E-state index contributed by atoms with van der Waals surface area (Å²) in [5, 5.41) is 19.0. The van der Waals surface area contributed by atoms with E-state index in [1.165, 1.54) is 4.57 Å². The van der Waals surface area contributed by atoms with Crippen LogP contribution in [-0.2, 0) is 11.3 Å². The van der Waals surface area contributed by atoms with Crippen molar-refractivity contribution in [2.24, 2.45) is 5.92 Å². The summed E-state index contributed by atoms with van der Waals surface area (Å²) in [6.45, 7) is 5.75. The van der Waals surface area contributed by atoms with Crippen LogP contribution in [0, 0.1) is 5.92 Å². The number of aromatic nitrogens is 4. The Bertz CT molecular complexity index is 901. The molecule has 0 unspecified atom stereocenters. The summed E-state index contributed by atoms with van der Waals surface area (Å²) in [7, 11) is 0. The first kappa shape index (κ1) is 22.1. The first-order chi connectivity index (χ1) is 14.5. The van der Waals surface area contributed by atoms with Gasteiger partial charge in [-0.1, -0.05) is 13.3 Å². The summed E-state index contributed by atoms with van der Waals surface area (Å²) >= 11 is 0. The quantitative estimate of drug-likeness (QED) is 0.469. The lowest BCUT2D eigenvalue weighted by molar-refractivity contribution is -0.138. The first-order valence-corrected chi connectivity index (χ1v) is 10.7. The van der Waals surface area contributed by atoms with E-state index in [-0.39, 0.29) is 35.4 Å². The van der Waals surface area contributed by atoms with Crippen molar-refractivity contribution in [2.75, 3.05) is 26.2 Å². The molecule has 1 aliphatic heterocycles. The van der Waals surface area contributed by atoms with Crippen molar-refractivity contribution in [3.05, 3.63) is 10.5 Å². The number of carboxylic acid groups (broad SMARTS) is 1. The topological polar surface area (TPSA) is 134 Å². The van der Waals surface area contributed by atoms with Gasteiger partial charge in [0.1, 0.15) is 5.52 Å². The van der Waals surface area contributed by atoms with Crippen LogP contribution in [0.1, 0.15) is 51.9 Å². The van der Waals surface area contributed by atoms with Gasteiger partial charge < -0.3 is 19.8 Å². The number of imidazole rings is 1. The van der Waals surface area contributed by atoms with E-state index in [0.717, 1.165) is 58.2 Å². The molecule has 166 valence electrons. The maximum absolute atomic E-state index is 12.3. The summed E-state index contributed by atoms with van der Waals surface area (Å²) in [6.07, 6.45) is 5.64. The molecule has 0 aromatic carbocycles. The van der Waals surface area contributed by atoms with Crippen molar-refractivity contribution < 1.29 is 19.7 Å². The molecule has 1 fully saturated rings. The van der Waals surface area contributed by atoms with Gasteiger partial charge in [0.2, 0.25) is 5.88 Å². The fourth-order valence-electron chi connectivity index (χ4n) is 3.84. The molecule has 2 aromatic rings. The van der Waals surface area contributed by atoms with E-state index in [9.17, 15) is 14.7 Å². The van der Waals surface area contributed by atoms with Gasteiger partial charge >= 0.3 is 17.7 Å². The number of fused-ring (bicyclic) bond motifs is 1. The van der Waals surface area contributed by atoms with Gasteiger partial charge in [0, 0.05) is 13.0 Å². The molecule has 0 radical (unpaired) electrons. The van der Waals surface area contributed by atoms with Gasteiger partial charge in [0.25, 0.3) is 0 Å². The van der Waals surface area contributed by atoms with Crippen LogP contribution in [-0.4, -0.2) is 66.8 Å². The number of rotatable bonds is 11. The molecule has 3 N–H and O–H groups in total. The molecule has 0 amide bonds. The minimum absolute atomic E-state index is 0.0745. The number of aryl methyl sites for hydroxylation is 1. The van der Waals surface area contributed by atoms with Crippen LogP contribution in [0.25, 0.3) is 11.2 Å². The molecule has 1 saturated heterocycles. The molecule has 3 heterocycles. The molecular formula is C20H31N5O5. The Labute approximate surface area is 174 Å². The molecule has 0 aliphatic carbocycles. The Balaban J connectivity index is 1.52. The SMILES string of the molecule is CCCCOc1nc(O)c2[nH]c(=O)n(CCCCN3CCC(CC(=O)O)CC3)c2n1. The third-order valence-electron chi connectivity index (χ3n) is 5.59. The minimum Gasteiger partial charge on any atom is -0.492 e. The Morgan fingerprint density at radius 3 is 2.63 bits per heavy atom. The highest BCUT2D eigenvalue weighted by atomic mass is 16.5. The van der Waals surface area contributed by atoms with Gasteiger partial charge in [-0.25, -0.2) is 4.79 Å². The van der Waals surface area contributed by atoms with Crippen molar-refractivity contribution in [3.63, 3.8) is 0 Å². The Kier molecular flexibility index (Phi) is 7.67. The van der Waals surface area contributed by atoms with Gasteiger partial charge in [-0.15, -0.1) is 0 Å². The fraction of sp³-hybridized carbons (Fsp3) is 0.700. The fourth-order valence-corrected chi connectivity index (χ4v) is 3.84. The van der Waals surface area contributed by atoms with Gasteiger partial charge in [-0.3, -0.25) is 14.3 Å². The summed E-state index contributed by atoms with van der Waals surface area (Å²) < 4.78 is 7.00. The number of nitrogens with zero attached hydrogens (tertiary/aromatic N) is 4. The van der Waals surface area contributed by atoms with Gasteiger partial charge in [-0.2, -0.15) is 9.97 Å². The third-order valence-corrected chi connectivity index (χ3v) is 5.59. The Hall–Kier alpha value is -2.62. The van der Waals surface area contributed by atoms with E-state index in [4.69, 9.17) is 9.84 Å². The van der Waals surface area contributed by atoms with Crippen LogP contribution in [0.5, 0.6) is 11.9 Å². The number of piperidine rings is 1. The number of aromatic amines is 1. The highest BCUT2D eigenvalue weighted by molar-refractivity contribution is 5.76. The van der Waals surface area contributed by atoms with E-state index >= 15 is 0 Å². The summed E-state index contributed by atoms with van der Waals surface area (Å²) in [5.74, 6) is -0.720. The molecule has 10 heteroatoms. The second kappa shape index (κ2) is 10.4. The van der Waals surface area contributed by atoms with Gasteiger partial charge in [0.15, 0.2) is 5.65 Å². The largest absolute Gasteiger partial charge is 0.492 e. The number of unbranched alkanes of at least 4 members (excludes halogenated alkanes) is 2. The van der Waals surface area contributed by atoms with Gasteiger partial charge in [-0.05, 0) is 57.7 Å². The number of hydrogen-bond donors (Lipinski definition) is 3. The number of carbonyl (C=O) groups is 1. The monoisotopic (exact) mass is 421 g/mol. The van der Waals surface area contributed by atoms with Crippen LogP contribution in [0.4, 0.5) is 0 Å². The van der Waals surface area contributed by atoms with Crippen molar-refractivity contribution in [1.29, 1.82) is 0 Å².